The Hall–Kier alpha value is -1.92. The highest BCUT2D eigenvalue weighted by atomic mass is 16.5. The zero-order valence-corrected chi connectivity index (χ0v) is 12.0. The number of nitrogens with two attached hydrogens (primary N) is 1. The number of rotatable bonds is 7. The summed E-state index contributed by atoms with van der Waals surface area (Å²) in [7, 11) is 3.73. The maximum Gasteiger partial charge on any atom is 0.118 e. The number of nitrogens with zero attached hydrogens (tertiary/aromatic N) is 4. The van der Waals surface area contributed by atoms with Crippen LogP contribution >= 0.6 is 0 Å². The second-order valence-electron chi connectivity index (χ2n) is 4.78. The van der Waals surface area contributed by atoms with Gasteiger partial charge in [0.1, 0.15) is 5.75 Å². The van der Waals surface area contributed by atoms with E-state index in [2.05, 4.69) is 34.4 Å². The van der Waals surface area contributed by atoms with Gasteiger partial charge in [-0.3, -0.25) is 9.58 Å². The average Bonchev–Trinajstić information content (AvgIpc) is 2.87. The van der Waals surface area contributed by atoms with Gasteiger partial charge < -0.3 is 10.5 Å². The van der Waals surface area contributed by atoms with Crippen molar-refractivity contribution >= 4 is 0 Å². The zero-order chi connectivity index (χ0) is 14.4. The molecule has 1 aromatic heterocycles. The van der Waals surface area contributed by atoms with Crippen molar-refractivity contribution in [2.24, 2.45) is 5.73 Å². The van der Waals surface area contributed by atoms with Crippen molar-refractivity contribution < 1.29 is 4.74 Å². The van der Waals surface area contributed by atoms with Crippen LogP contribution in [0.2, 0.25) is 0 Å². The van der Waals surface area contributed by atoms with E-state index in [0.717, 1.165) is 24.5 Å². The maximum absolute atomic E-state index is 5.49. The van der Waals surface area contributed by atoms with Crippen LogP contribution in [0.4, 0.5) is 0 Å². The fourth-order valence-electron chi connectivity index (χ4n) is 2.03. The van der Waals surface area contributed by atoms with Gasteiger partial charge in [-0.15, -0.1) is 5.10 Å². The van der Waals surface area contributed by atoms with E-state index in [1.807, 2.05) is 18.3 Å². The van der Waals surface area contributed by atoms with E-state index in [4.69, 9.17) is 10.5 Å². The van der Waals surface area contributed by atoms with Crippen LogP contribution in [0, 0.1) is 0 Å². The summed E-state index contributed by atoms with van der Waals surface area (Å²) in [6, 6.07) is 8.09. The van der Waals surface area contributed by atoms with Crippen molar-refractivity contribution in [3.05, 3.63) is 41.7 Å². The Kier molecular flexibility index (Phi) is 5.09. The standard InChI is InChI=1S/C14H21N5O/c1-18(9-12-3-5-14(20-2)6-4-12)10-13-11-19(8-7-15)17-16-13/h3-6,11H,7-10,15H2,1-2H3. The van der Waals surface area contributed by atoms with Gasteiger partial charge in [-0.05, 0) is 24.7 Å². The average molecular weight is 275 g/mol. The molecule has 2 aromatic rings. The summed E-state index contributed by atoms with van der Waals surface area (Å²) >= 11 is 0. The van der Waals surface area contributed by atoms with Gasteiger partial charge in [0.25, 0.3) is 0 Å². The van der Waals surface area contributed by atoms with Crippen LogP contribution < -0.4 is 10.5 Å². The zero-order valence-electron chi connectivity index (χ0n) is 12.0. The third-order valence-corrected chi connectivity index (χ3v) is 2.99. The van der Waals surface area contributed by atoms with E-state index >= 15 is 0 Å². The largest absolute Gasteiger partial charge is 0.497 e. The quantitative estimate of drug-likeness (QED) is 0.812. The third-order valence-electron chi connectivity index (χ3n) is 2.99. The van der Waals surface area contributed by atoms with Crippen LogP contribution in [0.1, 0.15) is 11.3 Å². The first-order valence-electron chi connectivity index (χ1n) is 6.62. The number of benzene rings is 1. The minimum Gasteiger partial charge on any atom is -0.497 e. The second-order valence-corrected chi connectivity index (χ2v) is 4.78. The molecule has 0 unspecified atom stereocenters. The van der Waals surface area contributed by atoms with Crippen LogP contribution in [0.5, 0.6) is 5.75 Å². The molecule has 0 bridgehead atoms. The first-order chi connectivity index (χ1) is 9.71. The van der Waals surface area contributed by atoms with Gasteiger partial charge in [0.2, 0.25) is 0 Å². The smallest absolute Gasteiger partial charge is 0.118 e. The van der Waals surface area contributed by atoms with E-state index in [0.29, 0.717) is 13.1 Å². The number of aromatic nitrogens is 3. The number of hydrogen-bond acceptors (Lipinski definition) is 5. The first-order valence-corrected chi connectivity index (χ1v) is 6.62. The summed E-state index contributed by atoms with van der Waals surface area (Å²) in [5.74, 6) is 0.876. The molecule has 0 radical (unpaired) electrons. The molecule has 2 rings (SSSR count). The lowest BCUT2D eigenvalue weighted by Crippen LogP contribution is -2.17. The molecule has 0 amide bonds. The molecule has 0 aliphatic carbocycles. The van der Waals surface area contributed by atoms with Crippen LogP contribution in [-0.4, -0.2) is 40.6 Å². The number of methoxy groups -OCH3 is 1. The molecule has 20 heavy (non-hydrogen) atoms. The van der Waals surface area contributed by atoms with Gasteiger partial charge in [-0.25, -0.2) is 0 Å². The molecule has 0 aliphatic heterocycles. The first kappa shape index (κ1) is 14.5. The van der Waals surface area contributed by atoms with E-state index in [1.165, 1.54) is 5.56 Å². The predicted molar refractivity (Wildman–Crippen MR) is 77.2 cm³/mol. The topological polar surface area (TPSA) is 69.2 Å². The van der Waals surface area contributed by atoms with E-state index in [-0.39, 0.29) is 0 Å². The summed E-state index contributed by atoms with van der Waals surface area (Å²) in [6.45, 7) is 2.89. The van der Waals surface area contributed by atoms with Gasteiger partial charge in [-0.2, -0.15) is 0 Å². The van der Waals surface area contributed by atoms with E-state index in [9.17, 15) is 0 Å². The molecule has 0 saturated carbocycles. The van der Waals surface area contributed by atoms with Crippen molar-refractivity contribution in [2.45, 2.75) is 19.6 Å². The molecule has 1 aromatic carbocycles. The highest BCUT2D eigenvalue weighted by Crippen LogP contribution is 2.13. The molecule has 0 spiro atoms. The lowest BCUT2D eigenvalue weighted by molar-refractivity contribution is 0.314. The van der Waals surface area contributed by atoms with Crippen molar-refractivity contribution in [1.82, 2.24) is 19.9 Å². The number of ether oxygens (including phenoxy) is 1. The lowest BCUT2D eigenvalue weighted by atomic mass is 10.2. The van der Waals surface area contributed by atoms with Crippen LogP contribution in [0.25, 0.3) is 0 Å². The summed E-state index contributed by atoms with van der Waals surface area (Å²) in [5, 5.41) is 8.17. The van der Waals surface area contributed by atoms with E-state index < -0.39 is 0 Å². The highest BCUT2D eigenvalue weighted by molar-refractivity contribution is 5.27. The molecule has 6 heteroatoms. The number of hydrogen-bond donors (Lipinski definition) is 1. The maximum atomic E-state index is 5.49. The highest BCUT2D eigenvalue weighted by Gasteiger charge is 2.06. The Morgan fingerprint density at radius 3 is 2.65 bits per heavy atom. The van der Waals surface area contributed by atoms with Crippen LogP contribution in [0.15, 0.2) is 30.5 Å². The Bertz CT molecular complexity index is 523. The van der Waals surface area contributed by atoms with E-state index in [1.54, 1.807) is 11.8 Å². The van der Waals surface area contributed by atoms with Crippen molar-refractivity contribution in [1.29, 1.82) is 0 Å². The van der Waals surface area contributed by atoms with Crippen LogP contribution in [-0.2, 0) is 19.6 Å². The van der Waals surface area contributed by atoms with Crippen molar-refractivity contribution in [3.8, 4) is 5.75 Å². The fraction of sp³-hybridized carbons (Fsp3) is 0.429. The lowest BCUT2D eigenvalue weighted by Gasteiger charge is -2.15. The third kappa shape index (κ3) is 4.04. The van der Waals surface area contributed by atoms with Crippen LogP contribution in [0.3, 0.4) is 0 Å². The Labute approximate surface area is 119 Å². The summed E-state index contributed by atoms with van der Waals surface area (Å²) in [4.78, 5) is 2.19. The van der Waals surface area contributed by atoms with Gasteiger partial charge in [0.15, 0.2) is 0 Å². The molecule has 0 fully saturated rings. The predicted octanol–water partition coefficient (Wildman–Crippen LogP) is 0.877. The SMILES string of the molecule is COc1ccc(CN(C)Cc2cn(CCN)nn2)cc1. The van der Waals surface area contributed by atoms with Gasteiger partial charge >= 0.3 is 0 Å². The summed E-state index contributed by atoms with van der Waals surface area (Å²) in [6.07, 6.45) is 1.94. The Morgan fingerprint density at radius 1 is 1.25 bits per heavy atom. The summed E-state index contributed by atoms with van der Waals surface area (Å²) < 4.78 is 6.93. The van der Waals surface area contributed by atoms with Crippen molar-refractivity contribution in [3.63, 3.8) is 0 Å². The molecule has 1 heterocycles. The van der Waals surface area contributed by atoms with Gasteiger partial charge in [0.05, 0.1) is 19.3 Å². The normalized spacial score (nSPS) is 11.0. The Balaban J connectivity index is 1.88. The molecular weight excluding hydrogens is 254 g/mol. The van der Waals surface area contributed by atoms with Gasteiger partial charge in [0, 0.05) is 25.8 Å². The molecule has 2 N–H and O–H groups in total. The molecule has 0 saturated heterocycles. The monoisotopic (exact) mass is 275 g/mol. The molecule has 0 aliphatic rings. The minimum absolute atomic E-state index is 0.574. The van der Waals surface area contributed by atoms with Crippen molar-refractivity contribution in [2.75, 3.05) is 20.7 Å². The Morgan fingerprint density at radius 2 is 2.00 bits per heavy atom. The second kappa shape index (κ2) is 7.02. The molecule has 0 atom stereocenters. The molecule has 108 valence electrons. The van der Waals surface area contributed by atoms with Gasteiger partial charge in [-0.1, -0.05) is 17.3 Å². The fourth-order valence-corrected chi connectivity index (χ4v) is 2.03. The summed E-state index contributed by atoms with van der Waals surface area (Å²) in [5.41, 5.74) is 7.68. The minimum atomic E-state index is 0.574. The molecule has 6 nitrogen and oxygen atoms in total. The molecular formula is C14H21N5O.